The number of pyridine rings is 1. The van der Waals surface area contributed by atoms with Gasteiger partial charge in [0.2, 0.25) is 0 Å². The summed E-state index contributed by atoms with van der Waals surface area (Å²) in [4.78, 5) is 8.95. The zero-order chi connectivity index (χ0) is 10.4. The number of hydrogen-bond acceptors (Lipinski definition) is 2. The zero-order valence-electron chi connectivity index (χ0n) is 9.14. The smallest absolute Gasteiger partial charge is 0.160 e. The SMILES string of the molecule is CC(C)c1cnc2c(c1)ncn2C1CC1. The second-order valence-corrected chi connectivity index (χ2v) is 4.65. The van der Waals surface area contributed by atoms with Crippen LogP contribution in [0.5, 0.6) is 0 Å². The molecule has 0 unspecified atom stereocenters. The molecule has 0 radical (unpaired) electrons. The highest BCUT2D eigenvalue weighted by Crippen LogP contribution is 2.36. The number of imidazole rings is 1. The Balaban J connectivity index is 2.13. The summed E-state index contributed by atoms with van der Waals surface area (Å²) < 4.78 is 2.21. The summed E-state index contributed by atoms with van der Waals surface area (Å²) in [7, 11) is 0. The second kappa shape index (κ2) is 3.05. The van der Waals surface area contributed by atoms with Crippen molar-refractivity contribution in [3.05, 3.63) is 24.2 Å². The van der Waals surface area contributed by atoms with Gasteiger partial charge in [0.1, 0.15) is 5.52 Å². The summed E-state index contributed by atoms with van der Waals surface area (Å²) in [5, 5.41) is 0. The van der Waals surface area contributed by atoms with Crippen LogP contribution < -0.4 is 0 Å². The molecule has 0 atom stereocenters. The number of rotatable bonds is 2. The molecular weight excluding hydrogens is 186 g/mol. The molecule has 0 amide bonds. The lowest BCUT2D eigenvalue weighted by atomic mass is 10.1. The van der Waals surface area contributed by atoms with Gasteiger partial charge in [0, 0.05) is 12.2 Å². The average Bonchev–Trinajstić information content (AvgIpc) is 2.98. The Labute approximate surface area is 89.2 Å². The van der Waals surface area contributed by atoms with E-state index in [1.165, 1.54) is 18.4 Å². The van der Waals surface area contributed by atoms with Gasteiger partial charge in [-0.1, -0.05) is 13.8 Å². The first-order valence-electron chi connectivity index (χ1n) is 5.58. The maximum atomic E-state index is 4.52. The minimum atomic E-state index is 0.521. The van der Waals surface area contributed by atoms with Gasteiger partial charge in [-0.3, -0.25) is 0 Å². The summed E-state index contributed by atoms with van der Waals surface area (Å²) in [5.74, 6) is 0.521. The van der Waals surface area contributed by atoms with Crippen LogP contribution in [0, 0.1) is 0 Å². The molecular formula is C12H15N3. The van der Waals surface area contributed by atoms with Gasteiger partial charge in [0.25, 0.3) is 0 Å². The van der Waals surface area contributed by atoms with E-state index in [-0.39, 0.29) is 0 Å². The first-order valence-corrected chi connectivity index (χ1v) is 5.58. The molecule has 3 heteroatoms. The Morgan fingerprint density at radius 1 is 1.33 bits per heavy atom. The minimum Gasteiger partial charge on any atom is -0.312 e. The van der Waals surface area contributed by atoms with E-state index in [0.717, 1.165) is 11.2 Å². The molecule has 1 aliphatic rings. The molecule has 78 valence electrons. The number of aromatic nitrogens is 3. The largest absolute Gasteiger partial charge is 0.312 e. The molecule has 3 rings (SSSR count). The van der Waals surface area contributed by atoms with Crippen LogP contribution in [0.4, 0.5) is 0 Å². The van der Waals surface area contributed by atoms with E-state index in [4.69, 9.17) is 0 Å². The molecule has 1 aliphatic carbocycles. The highest BCUT2D eigenvalue weighted by molar-refractivity contribution is 5.71. The number of nitrogens with zero attached hydrogens (tertiary/aromatic N) is 3. The molecule has 2 aromatic rings. The van der Waals surface area contributed by atoms with Gasteiger partial charge >= 0.3 is 0 Å². The van der Waals surface area contributed by atoms with E-state index in [1.807, 2.05) is 12.5 Å². The third kappa shape index (κ3) is 1.42. The van der Waals surface area contributed by atoms with E-state index < -0.39 is 0 Å². The van der Waals surface area contributed by atoms with Gasteiger partial charge < -0.3 is 4.57 Å². The van der Waals surface area contributed by atoms with Crippen molar-refractivity contribution in [2.45, 2.75) is 38.6 Å². The molecule has 0 aliphatic heterocycles. The lowest BCUT2D eigenvalue weighted by Gasteiger charge is -2.04. The standard InChI is InChI=1S/C12H15N3/c1-8(2)9-5-11-12(13-6-9)15(7-14-11)10-3-4-10/h5-8,10H,3-4H2,1-2H3. The van der Waals surface area contributed by atoms with Crippen molar-refractivity contribution in [3.8, 4) is 0 Å². The van der Waals surface area contributed by atoms with Crippen molar-refractivity contribution >= 4 is 11.2 Å². The summed E-state index contributed by atoms with van der Waals surface area (Å²) >= 11 is 0. The van der Waals surface area contributed by atoms with Crippen LogP contribution in [0.25, 0.3) is 11.2 Å². The molecule has 0 N–H and O–H groups in total. The monoisotopic (exact) mass is 201 g/mol. The van der Waals surface area contributed by atoms with Gasteiger partial charge in [-0.05, 0) is 30.4 Å². The van der Waals surface area contributed by atoms with E-state index in [0.29, 0.717) is 12.0 Å². The Kier molecular flexibility index (Phi) is 1.81. The lowest BCUT2D eigenvalue weighted by Crippen LogP contribution is -1.94. The van der Waals surface area contributed by atoms with Crippen LogP contribution in [-0.4, -0.2) is 14.5 Å². The molecule has 1 saturated carbocycles. The van der Waals surface area contributed by atoms with Crippen LogP contribution in [-0.2, 0) is 0 Å². The summed E-state index contributed by atoms with van der Waals surface area (Å²) in [6, 6.07) is 2.82. The third-order valence-corrected chi connectivity index (χ3v) is 3.04. The van der Waals surface area contributed by atoms with Crippen molar-refractivity contribution in [2.24, 2.45) is 0 Å². The Bertz CT molecular complexity index is 495. The Morgan fingerprint density at radius 2 is 2.13 bits per heavy atom. The molecule has 0 aromatic carbocycles. The average molecular weight is 201 g/mol. The fourth-order valence-electron chi connectivity index (χ4n) is 1.87. The summed E-state index contributed by atoms with van der Waals surface area (Å²) in [6.07, 6.45) is 6.46. The van der Waals surface area contributed by atoms with Crippen molar-refractivity contribution in [2.75, 3.05) is 0 Å². The molecule has 2 aromatic heterocycles. The maximum Gasteiger partial charge on any atom is 0.160 e. The van der Waals surface area contributed by atoms with Gasteiger partial charge in [-0.25, -0.2) is 9.97 Å². The number of fused-ring (bicyclic) bond motifs is 1. The van der Waals surface area contributed by atoms with Crippen LogP contribution >= 0.6 is 0 Å². The quantitative estimate of drug-likeness (QED) is 0.748. The van der Waals surface area contributed by atoms with E-state index in [2.05, 4.69) is 34.4 Å². The van der Waals surface area contributed by atoms with E-state index >= 15 is 0 Å². The molecule has 15 heavy (non-hydrogen) atoms. The van der Waals surface area contributed by atoms with Crippen molar-refractivity contribution in [1.29, 1.82) is 0 Å². The minimum absolute atomic E-state index is 0.521. The van der Waals surface area contributed by atoms with Gasteiger partial charge in [-0.2, -0.15) is 0 Å². The van der Waals surface area contributed by atoms with E-state index in [1.54, 1.807) is 0 Å². The van der Waals surface area contributed by atoms with Gasteiger partial charge in [0.15, 0.2) is 5.65 Å². The first kappa shape index (κ1) is 8.89. The Morgan fingerprint density at radius 3 is 2.80 bits per heavy atom. The maximum absolute atomic E-state index is 4.52. The van der Waals surface area contributed by atoms with Crippen LogP contribution in [0.15, 0.2) is 18.6 Å². The fourth-order valence-corrected chi connectivity index (χ4v) is 1.87. The Hall–Kier alpha value is -1.38. The van der Waals surface area contributed by atoms with Crippen molar-refractivity contribution < 1.29 is 0 Å². The third-order valence-electron chi connectivity index (χ3n) is 3.04. The molecule has 1 fully saturated rings. The zero-order valence-corrected chi connectivity index (χ0v) is 9.14. The highest BCUT2D eigenvalue weighted by atomic mass is 15.1. The normalized spacial score (nSPS) is 16.5. The molecule has 2 heterocycles. The summed E-state index contributed by atoms with van der Waals surface area (Å²) in [6.45, 7) is 4.36. The molecule has 0 spiro atoms. The lowest BCUT2D eigenvalue weighted by molar-refractivity contribution is 0.756. The van der Waals surface area contributed by atoms with Crippen LogP contribution in [0.3, 0.4) is 0 Å². The molecule has 3 nitrogen and oxygen atoms in total. The summed E-state index contributed by atoms with van der Waals surface area (Å²) in [5.41, 5.74) is 3.35. The van der Waals surface area contributed by atoms with Crippen molar-refractivity contribution in [1.82, 2.24) is 14.5 Å². The highest BCUT2D eigenvalue weighted by Gasteiger charge is 2.25. The predicted molar refractivity (Wildman–Crippen MR) is 59.9 cm³/mol. The fraction of sp³-hybridized carbons (Fsp3) is 0.500. The van der Waals surface area contributed by atoms with Gasteiger partial charge in [0.05, 0.1) is 6.33 Å². The predicted octanol–water partition coefficient (Wildman–Crippen LogP) is 2.89. The van der Waals surface area contributed by atoms with Crippen molar-refractivity contribution in [3.63, 3.8) is 0 Å². The molecule has 0 bridgehead atoms. The second-order valence-electron chi connectivity index (χ2n) is 4.65. The first-order chi connectivity index (χ1) is 7.25. The topological polar surface area (TPSA) is 30.7 Å². The van der Waals surface area contributed by atoms with Crippen LogP contribution in [0.1, 0.15) is 44.2 Å². The van der Waals surface area contributed by atoms with Crippen LogP contribution in [0.2, 0.25) is 0 Å². The van der Waals surface area contributed by atoms with E-state index in [9.17, 15) is 0 Å². The van der Waals surface area contributed by atoms with Gasteiger partial charge in [-0.15, -0.1) is 0 Å². The number of hydrogen-bond donors (Lipinski definition) is 0. The molecule has 0 saturated heterocycles.